The minimum atomic E-state index is -0.622. The van der Waals surface area contributed by atoms with Crippen LogP contribution in [0.4, 0.5) is 10.2 Å². The molecule has 1 fully saturated rings. The number of nitrogens with two attached hydrogens (primary N) is 1. The highest BCUT2D eigenvalue weighted by Gasteiger charge is 2.31. The van der Waals surface area contributed by atoms with Gasteiger partial charge in [-0.1, -0.05) is 37.1 Å². The summed E-state index contributed by atoms with van der Waals surface area (Å²) in [5, 5.41) is 14.9. The molecular formula is C23H24FN3O2. The maximum Gasteiger partial charge on any atom is 0.198 e. The van der Waals surface area contributed by atoms with Crippen LogP contribution in [-0.2, 0) is 6.42 Å². The highest BCUT2D eigenvalue weighted by atomic mass is 19.1. The molecule has 4 rings (SSSR count). The number of nitrogens with zero attached hydrogens (tertiary/aromatic N) is 2. The molecule has 29 heavy (non-hydrogen) atoms. The topological polar surface area (TPSA) is 81.1 Å². The van der Waals surface area contributed by atoms with Crippen molar-refractivity contribution in [1.82, 2.24) is 9.78 Å². The zero-order valence-corrected chi connectivity index (χ0v) is 16.1. The van der Waals surface area contributed by atoms with Crippen LogP contribution >= 0.6 is 0 Å². The van der Waals surface area contributed by atoms with Gasteiger partial charge in [-0.2, -0.15) is 5.10 Å². The Bertz CT molecular complexity index is 1020. The van der Waals surface area contributed by atoms with Crippen molar-refractivity contribution in [3.05, 3.63) is 77.2 Å². The fourth-order valence-electron chi connectivity index (χ4n) is 4.08. The van der Waals surface area contributed by atoms with Crippen LogP contribution < -0.4 is 5.73 Å². The second-order valence-electron chi connectivity index (χ2n) is 7.75. The molecule has 0 bridgehead atoms. The fourth-order valence-corrected chi connectivity index (χ4v) is 4.08. The summed E-state index contributed by atoms with van der Waals surface area (Å²) in [5.41, 5.74) is 7.93. The molecule has 0 saturated heterocycles. The van der Waals surface area contributed by atoms with Crippen molar-refractivity contribution in [2.45, 2.75) is 44.1 Å². The van der Waals surface area contributed by atoms with E-state index in [-0.39, 0.29) is 17.4 Å². The van der Waals surface area contributed by atoms with E-state index >= 15 is 0 Å². The fraction of sp³-hybridized carbons (Fsp3) is 0.304. The molecule has 0 atom stereocenters. The van der Waals surface area contributed by atoms with E-state index in [9.17, 15) is 14.3 Å². The number of rotatable bonds is 6. The highest BCUT2D eigenvalue weighted by Crippen LogP contribution is 2.34. The summed E-state index contributed by atoms with van der Waals surface area (Å²) in [5.74, 6) is -0.343. The number of hydrogen-bond acceptors (Lipinski definition) is 4. The van der Waals surface area contributed by atoms with Crippen LogP contribution in [0, 0.1) is 5.82 Å². The molecule has 3 N–H and O–H groups in total. The van der Waals surface area contributed by atoms with Crippen molar-refractivity contribution in [3.8, 4) is 5.69 Å². The van der Waals surface area contributed by atoms with E-state index in [1.807, 2.05) is 18.2 Å². The maximum absolute atomic E-state index is 13.2. The minimum absolute atomic E-state index is 0.204. The molecule has 150 valence electrons. The third-order valence-corrected chi connectivity index (χ3v) is 5.78. The molecule has 2 aromatic carbocycles. The lowest BCUT2D eigenvalue weighted by Gasteiger charge is -2.22. The third kappa shape index (κ3) is 3.93. The van der Waals surface area contributed by atoms with Crippen LogP contribution in [-0.4, -0.2) is 26.3 Å². The Kier molecular flexibility index (Phi) is 5.20. The van der Waals surface area contributed by atoms with Gasteiger partial charge in [0.05, 0.1) is 23.0 Å². The van der Waals surface area contributed by atoms with E-state index in [0.29, 0.717) is 29.7 Å². The first kappa shape index (κ1) is 19.3. The molecule has 1 heterocycles. The third-order valence-electron chi connectivity index (χ3n) is 5.78. The number of carbonyl (C=O) groups is 1. The molecule has 5 nitrogen and oxygen atoms in total. The van der Waals surface area contributed by atoms with Gasteiger partial charge in [-0.3, -0.25) is 4.79 Å². The largest absolute Gasteiger partial charge is 0.390 e. The van der Waals surface area contributed by atoms with Crippen LogP contribution in [0.1, 0.15) is 53.6 Å². The summed E-state index contributed by atoms with van der Waals surface area (Å²) < 4.78 is 14.6. The van der Waals surface area contributed by atoms with E-state index in [1.165, 1.54) is 23.0 Å². The van der Waals surface area contributed by atoms with E-state index in [1.54, 1.807) is 18.2 Å². The number of aliphatic hydroxyl groups is 1. The number of aromatic nitrogens is 2. The lowest BCUT2D eigenvalue weighted by atomic mass is 9.90. The van der Waals surface area contributed by atoms with E-state index in [4.69, 9.17) is 5.73 Å². The molecule has 1 aromatic heterocycles. The predicted octanol–water partition coefficient (Wildman–Crippen LogP) is 4.06. The van der Waals surface area contributed by atoms with Crippen LogP contribution in [0.5, 0.6) is 0 Å². The van der Waals surface area contributed by atoms with Crippen molar-refractivity contribution in [1.29, 1.82) is 0 Å². The van der Waals surface area contributed by atoms with Gasteiger partial charge in [0.25, 0.3) is 0 Å². The normalized spacial score (nSPS) is 15.5. The average molecular weight is 393 g/mol. The van der Waals surface area contributed by atoms with Gasteiger partial charge in [-0.15, -0.1) is 0 Å². The van der Waals surface area contributed by atoms with Crippen LogP contribution in [0.3, 0.4) is 0 Å². The van der Waals surface area contributed by atoms with E-state index in [0.717, 1.165) is 31.2 Å². The van der Waals surface area contributed by atoms with Gasteiger partial charge < -0.3 is 10.8 Å². The average Bonchev–Trinajstić information content (AvgIpc) is 3.33. The van der Waals surface area contributed by atoms with Gasteiger partial charge in [0, 0.05) is 5.56 Å². The number of anilines is 1. The Morgan fingerprint density at radius 1 is 1.10 bits per heavy atom. The second-order valence-corrected chi connectivity index (χ2v) is 7.75. The molecule has 6 heteroatoms. The van der Waals surface area contributed by atoms with Crippen molar-refractivity contribution in [2.24, 2.45) is 0 Å². The lowest BCUT2D eigenvalue weighted by molar-refractivity contribution is 0.0390. The Balaban J connectivity index is 1.59. The van der Waals surface area contributed by atoms with Crippen LogP contribution in [0.15, 0.2) is 54.7 Å². The first-order valence-corrected chi connectivity index (χ1v) is 9.91. The SMILES string of the molecule is Nc1c(C(=O)c2ccccc2CCC2(O)CCCC2)cnn1-c1ccc(F)cc1. The molecule has 0 spiro atoms. The predicted molar refractivity (Wildman–Crippen MR) is 110 cm³/mol. The molecule has 1 aliphatic rings. The van der Waals surface area contributed by atoms with Gasteiger partial charge >= 0.3 is 0 Å². The number of benzene rings is 2. The standard InChI is InChI=1S/C23H24FN3O2/c24-17-7-9-18(10-8-17)27-22(25)20(15-26-27)21(28)19-6-2-1-5-16(19)11-14-23(29)12-3-4-13-23/h1-2,5-10,15,29H,3-4,11-14,25H2. The minimum Gasteiger partial charge on any atom is -0.390 e. The Labute approximate surface area is 169 Å². The molecule has 0 radical (unpaired) electrons. The Morgan fingerprint density at radius 3 is 2.52 bits per heavy atom. The second kappa shape index (κ2) is 7.79. The van der Waals surface area contributed by atoms with Crippen molar-refractivity contribution in [3.63, 3.8) is 0 Å². The van der Waals surface area contributed by atoms with Crippen molar-refractivity contribution in [2.75, 3.05) is 5.73 Å². The Morgan fingerprint density at radius 2 is 1.79 bits per heavy atom. The number of ketones is 1. The van der Waals surface area contributed by atoms with E-state index in [2.05, 4.69) is 5.10 Å². The van der Waals surface area contributed by atoms with Gasteiger partial charge in [-0.25, -0.2) is 9.07 Å². The lowest BCUT2D eigenvalue weighted by Crippen LogP contribution is -2.25. The number of nitrogen functional groups attached to an aromatic ring is 1. The molecule has 3 aromatic rings. The maximum atomic E-state index is 13.2. The highest BCUT2D eigenvalue weighted by molar-refractivity contribution is 6.12. The smallest absolute Gasteiger partial charge is 0.198 e. The van der Waals surface area contributed by atoms with Gasteiger partial charge in [0.2, 0.25) is 0 Å². The summed E-state index contributed by atoms with van der Waals surface area (Å²) in [4.78, 5) is 13.2. The zero-order valence-electron chi connectivity index (χ0n) is 16.1. The van der Waals surface area contributed by atoms with Gasteiger partial charge in [0.1, 0.15) is 11.6 Å². The molecule has 0 aliphatic heterocycles. The quantitative estimate of drug-likeness (QED) is 0.619. The van der Waals surface area contributed by atoms with E-state index < -0.39 is 5.60 Å². The summed E-state index contributed by atoms with van der Waals surface area (Å²) in [6, 6.07) is 13.2. The molecule has 0 amide bonds. The van der Waals surface area contributed by atoms with Crippen LogP contribution in [0.25, 0.3) is 5.69 Å². The molecule has 1 saturated carbocycles. The van der Waals surface area contributed by atoms with Crippen molar-refractivity contribution < 1.29 is 14.3 Å². The summed E-state index contributed by atoms with van der Waals surface area (Å²) in [6.07, 6.45) is 6.46. The van der Waals surface area contributed by atoms with Gasteiger partial charge in [0.15, 0.2) is 5.78 Å². The van der Waals surface area contributed by atoms with Crippen LogP contribution in [0.2, 0.25) is 0 Å². The van der Waals surface area contributed by atoms with Gasteiger partial charge in [-0.05, 0) is 55.5 Å². The summed E-state index contributed by atoms with van der Waals surface area (Å²) in [7, 11) is 0. The molecular weight excluding hydrogens is 369 g/mol. The Hall–Kier alpha value is -2.99. The molecule has 0 unspecified atom stereocenters. The number of carbonyl (C=O) groups excluding carboxylic acids is 1. The first-order chi connectivity index (χ1) is 14.0. The summed E-state index contributed by atoms with van der Waals surface area (Å²) in [6.45, 7) is 0. The van der Waals surface area contributed by atoms with Crippen molar-refractivity contribution >= 4 is 11.6 Å². The number of hydrogen-bond donors (Lipinski definition) is 2. The zero-order chi connectivity index (χ0) is 20.4. The molecule has 1 aliphatic carbocycles. The summed E-state index contributed by atoms with van der Waals surface area (Å²) >= 11 is 0. The number of aryl methyl sites for hydroxylation is 1. The monoisotopic (exact) mass is 393 g/mol. The number of halogens is 1. The first-order valence-electron chi connectivity index (χ1n) is 9.91.